The maximum absolute atomic E-state index is 13.5. The van der Waals surface area contributed by atoms with Gasteiger partial charge >= 0.3 is 11.9 Å². The van der Waals surface area contributed by atoms with E-state index in [2.05, 4.69) is 11.9 Å². The average Bonchev–Trinajstić information content (AvgIpc) is 3.25. The lowest BCUT2D eigenvalue weighted by Gasteiger charge is -2.65. The summed E-state index contributed by atoms with van der Waals surface area (Å²) in [6, 6.07) is 11.5. The third-order valence-electron chi connectivity index (χ3n) is 9.53. The summed E-state index contributed by atoms with van der Waals surface area (Å²) in [5.41, 5.74) is 2.68. The molecule has 2 heterocycles. The highest BCUT2D eigenvalue weighted by atomic mass is 16.6. The first kappa shape index (κ1) is 26.6. The van der Waals surface area contributed by atoms with Crippen LogP contribution in [0.3, 0.4) is 0 Å². The van der Waals surface area contributed by atoms with Gasteiger partial charge in [0, 0.05) is 32.5 Å². The smallest absolute Gasteiger partial charge is 0.308 e. The van der Waals surface area contributed by atoms with Crippen molar-refractivity contribution in [3.8, 4) is 11.5 Å². The van der Waals surface area contributed by atoms with Gasteiger partial charge in [0.05, 0.1) is 17.5 Å². The minimum Gasteiger partial charge on any atom is -0.483 e. The second-order valence-electron chi connectivity index (χ2n) is 11.8. The van der Waals surface area contributed by atoms with Crippen LogP contribution in [0.2, 0.25) is 0 Å². The summed E-state index contributed by atoms with van der Waals surface area (Å²) in [5.74, 6) is 0.0377. The molecular weight excluding hydrogens is 508 g/mol. The first-order valence-corrected chi connectivity index (χ1v) is 14.0. The van der Waals surface area contributed by atoms with Crippen molar-refractivity contribution in [3.63, 3.8) is 0 Å². The van der Waals surface area contributed by atoms with Crippen molar-refractivity contribution in [2.24, 2.45) is 0 Å². The zero-order chi connectivity index (χ0) is 28.4. The van der Waals surface area contributed by atoms with Gasteiger partial charge in [0.15, 0.2) is 11.5 Å². The fourth-order valence-electron chi connectivity index (χ4n) is 8.00. The standard InChI is InChI=1S/C32H36N2O6/c1-19-7-6-8-22(17-19)9-12-27(37)34(5)24-13-14-32(40-21(3)36)26-18-23-10-11-25(38-20(2)35)29-28(23)31(32,30(24)39-29)15-16-33(26)4/h6-12,17,24,26,30H,13-16,18H2,1-5H3/t24-,26-,30+,31+,32-/m1/s1. The Morgan fingerprint density at radius 2 is 1.93 bits per heavy atom. The zero-order valence-electron chi connectivity index (χ0n) is 23.7. The number of esters is 2. The van der Waals surface area contributed by atoms with Gasteiger partial charge in [0.25, 0.3) is 0 Å². The van der Waals surface area contributed by atoms with Crippen LogP contribution < -0.4 is 9.47 Å². The third kappa shape index (κ3) is 3.79. The van der Waals surface area contributed by atoms with E-state index < -0.39 is 23.1 Å². The van der Waals surface area contributed by atoms with Gasteiger partial charge in [0.1, 0.15) is 11.7 Å². The molecule has 0 unspecified atom stereocenters. The summed E-state index contributed by atoms with van der Waals surface area (Å²) in [5, 5.41) is 0. The van der Waals surface area contributed by atoms with Crippen LogP contribution in [0.4, 0.5) is 0 Å². The van der Waals surface area contributed by atoms with Gasteiger partial charge in [-0.3, -0.25) is 19.3 Å². The number of rotatable bonds is 5. The predicted octanol–water partition coefficient (Wildman–Crippen LogP) is 3.82. The highest BCUT2D eigenvalue weighted by molar-refractivity contribution is 5.92. The van der Waals surface area contributed by atoms with Crippen molar-refractivity contribution in [1.29, 1.82) is 0 Å². The molecule has 0 aromatic heterocycles. The highest BCUT2D eigenvalue weighted by Crippen LogP contribution is 2.67. The molecule has 5 atom stereocenters. The summed E-state index contributed by atoms with van der Waals surface area (Å²) in [6.07, 6.45) is 5.57. The number of amides is 1. The molecule has 8 nitrogen and oxygen atoms in total. The van der Waals surface area contributed by atoms with Gasteiger partial charge in [0.2, 0.25) is 5.91 Å². The molecule has 0 N–H and O–H groups in total. The van der Waals surface area contributed by atoms with E-state index in [1.54, 1.807) is 17.0 Å². The number of aryl methyl sites for hydroxylation is 1. The number of carbonyl (C=O) groups is 3. The SMILES string of the molecule is CC(=O)Oc1ccc2c3c1O[C@H]1[C@H](N(C)C(=O)C=Cc4cccc(C)c4)CC[C@@]4(OC(C)=O)[C@@H](C2)N(C)CC[C@]314. The molecule has 40 heavy (non-hydrogen) atoms. The number of piperidine rings is 1. The van der Waals surface area contributed by atoms with E-state index in [9.17, 15) is 14.4 Å². The maximum atomic E-state index is 13.5. The van der Waals surface area contributed by atoms with Crippen LogP contribution >= 0.6 is 0 Å². The summed E-state index contributed by atoms with van der Waals surface area (Å²) >= 11 is 0. The Morgan fingerprint density at radius 1 is 1.12 bits per heavy atom. The molecule has 0 radical (unpaired) electrons. The predicted molar refractivity (Wildman–Crippen MR) is 149 cm³/mol. The van der Waals surface area contributed by atoms with Crippen LogP contribution in [-0.4, -0.2) is 72.1 Å². The molecule has 4 aliphatic rings. The Bertz CT molecular complexity index is 1430. The van der Waals surface area contributed by atoms with E-state index in [0.717, 1.165) is 28.8 Å². The highest BCUT2D eigenvalue weighted by Gasteiger charge is 2.75. The molecule has 1 amide bonds. The Balaban J connectivity index is 1.45. The summed E-state index contributed by atoms with van der Waals surface area (Å²) in [6.45, 7) is 5.66. The van der Waals surface area contributed by atoms with Crippen molar-refractivity contribution in [2.45, 2.75) is 75.7 Å². The molecule has 6 rings (SSSR count). The number of ether oxygens (including phenoxy) is 3. The first-order valence-electron chi connectivity index (χ1n) is 14.0. The van der Waals surface area contributed by atoms with E-state index in [1.165, 1.54) is 13.8 Å². The second-order valence-corrected chi connectivity index (χ2v) is 11.8. The number of hydrogen-bond acceptors (Lipinski definition) is 7. The molecule has 1 saturated carbocycles. The lowest BCUT2D eigenvalue weighted by Crippen LogP contribution is -2.78. The molecule has 1 saturated heterocycles. The number of hydrogen-bond donors (Lipinski definition) is 0. The quantitative estimate of drug-likeness (QED) is 0.322. The molecular formula is C32H36N2O6. The van der Waals surface area contributed by atoms with Gasteiger partial charge in [-0.05, 0) is 69.5 Å². The molecule has 2 aliphatic heterocycles. The van der Waals surface area contributed by atoms with Crippen LogP contribution in [0.1, 0.15) is 55.4 Å². The molecule has 210 valence electrons. The average molecular weight is 545 g/mol. The fourth-order valence-corrected chi connectivity index (χ4v) is 8.00. The molecule has 2 bridgehead atoms. The minimum atomic E-state index is -0.818. The van der Waals surface area contributed by atoms with Crippen LogP contribution in [-0.2, 0) is 31.0 Å². The van der Waals surface area contributed by atoms with E-state index >= 15 is 0 Å². The van der Waals surface area contributed by atoms with E-state index in [4.69, 9.17) is 14.2 Å². The van der Waals surface area contributed by atoms with E-state index in [1.807, 2.05) is 50.4 Å². The van der Waals surface area contributed by atoms with Gasteiger partial charge in [-0.25, -0.2) is 0 Å². The minimum absolute atomic E-state index is 0.0301. The van der Waals surface area contributed by atoms with Crippen molar-refractivity contribution in [3.05, 3.63) is 64.7 Å². The largest absolute Gasteiger partial charge is 0.483 e. The van der Waals surface area contributed by atoms with E-state index in [-0.39, 0.29) is 24.0 Å². The maximum Gasteiger partial charge on any atom is 0.308 e. The van der Waals surface area contributed by atoms with Crippen LogP contribution in [0.25, 0.3) is 6.08 Å². The zero-order valence-corrected chi connectivity index (χ0v) is 23.7. The van der Waals surface area contributed by atoms with Crippen molar-refractivity contribution >= 4 is 23.9 Å². The number of likely N-dealkylation sites (tertiary alicyclic amines) is 1. The van der Waals surface area contributed by atoms with Crippen molar-refractivity contribution in [2.75, 3.05) is 20.6 Å². The Kier molecular flexibility index (Phi) is 6.29. The first-order chi connectivity index (χ1) is 19.1. The number of likely N-dealkylation sites (N-methyl/N-ethyl adjacent to an activating group) is 2. The lowest BCUT2D eigenvalue weighted by atomic mass is 9.48. The van der Waals surface area contributed by atoms with Gasteiger partial charge in [-0.2, -0.15) is 0 Å². The number of nitrogens with zero attached hydrogens (tertiary/aromatic N) is 2. The molecule has 2 aromatic rings. The third-order valence-corrected chi connectivity index (χ3v) is 9.53. The molecule has 2 aromatic carbocycles. The number of carbonyl (C=O) groups excluding carboxylic acids is 3. The normalized spacial score (nSPS) is 29.9. The molecule has 2 aliphatic carbocycles. The van der Waals surface area contributed by atoms with Gasteiger partial charge in [-0.1, -0.05) is 35.9 Å². The van der Waals surface area contributed by atoms with Crippen LogP contribution in [0, 0.1) is 6.92 Å². The molecule has 2 fully saturated rings. The van der Waals surface area contributed by atoms with Gasteiger partial charge in [-0.15, -0.1) is 0 Å². The number of benzene rings is 2. The van der Waals surface area contributed by atoms with Gasteiger partial charge < -0.3 is 19.1 Å². The Hall–Kier alpha value is -3.65. The second kappa shape index (κ2) is 9.47. The van der Waals surface area contributed by atoms with Crippen LogP contribution in [0.5, 0.6) is 11.5 Å². The monoisotopic (exact) mass is 544 g/mol. The summed E-state index contributed by atoms with van der Waals surface area (Å²) in [4.78, 5) is 42.3. The molecule has 1 spiro atoms. The van der Waals surface area contributed by atoms with Crippen LogP contribution in [0.15, 0.2) is 42.5 Å². The Morgan fingerprint density at radius 3 is 2.65 bits per heavy atom. The molecule has 8 heteroatoms. The van der Waals surface area contributed by atoms with E-state index in [0.29, 0.717) is 37.2 Å². The Labute approximate surface area is 234 Å². The summed E-state index contributed by atoms with van der Waals surface area (Å²) in [7, 11) is 3.91. The van der Waals surface area contributed by atoms with Crippen molar-refractivity contribution in [1.82, 2.24) is 9.80 Å². The summed E-state index contributed by atoms with van der Waals surface area (Å²) < 4.78 is 18.8. The topological polar surface area (TPSA) is 85.4 Å². The fraction of sp³-hybridized carbons (Fsp3) is 0.469. The van der Waals surface area contributed by atoms with Crippen molar-refractivity contribution < 1.29 is 28.6 Å². The lowest BCUT2D eigenvalue weighted by molar-refractivity contribution is -0.220.